The van der Waals surface area contributed by atoms with E-state index in [2.05, 4.69) is 0 Å². The van der Waals surface area contributed by atoms with E-state index in [0.29, 0.717) is 0 Å². The molecule has 0 amide bonds. The molecule has 0 unspecified atom stereocenters. The van der Waals surface area contributed by atoms with Crippen molar-refractivity contribution in [1.29, 1.82) is 0 Å². The SMILES string of the molecule is CC1(C)OB([Si](C)(C)F)OC1(C)C. The Morgan fingerprint density at radius 1 is 1.00 bits per heavy atom. The van der Waals surface area contributed by atoms with Crippen molar-refractivity contribution in [3.05, 3.63) is 0 Å². The zero-order chi connectivity index (χ0) is 10.5. The minimum atomic E-state index is -2.85. The molecule has 1 rings (SSSR count). The summed E-state index contributed by atoms with van der Waals surface area (Å²) < 4.78 is 24.9. The number of hydrogen-bond donors (Lipinski definition) is 0. The maximum Gasteiger partial charge on any atom is 0.473 e. The summed E-state index contributed by atoms with van der Waals surface area (Å²) in [5.74, 6) is 0. The first-order valence-electron chi connectivity index (χ1n) is 4.61. The Bertz CT molecular complexity index is 197. The van der Waals surface area contributed by atoms with Gasteiger partial charge in [-0.2, -0.15) is 0 Å². The summed E-state index contributed by atoms with van der Waals surface area (Å²) in [4.78, 5) is 0. The van der Waals surface area contributed by atoms with E-state index in [0.717, 1.165) is 0 Å². The average molecular weight is 204 g/mol. The van der Waals surface area contributed by atoms with Crippen LogP contribution in [0.5, 0.6) is 0 Å². The zero-order valence-corrected chi connectivity index (χ0v) is 10.3. The first-order valence-corrected chi connectivity index (χ1v) is 7.56. The van der Waals surface area contributed by atoms with Crippen LogP contribution < -0.4 is 0 Å². The van der Waals surface area contributed by atoms with Crippen molar-refractivity contribution in [2.75, 3.05) is 0 Å². The van der Waals surface area contributed by atoms with E-state index in [9.17, 15) is 4.11 Å². The molecule has 13 heavy (non-hydrogen) atoms. The molecule has 0 N–H and O–H groups in total. The van der Waals surface area contributed by atoms with E-state index >= 15 is 0 Å². The van der Waals surface area contributed by atoms with E-state index in [4.69, 9.17) is 9.31 Å². The summed E-state index contributed by atoms with van der Waals surface area (Å²) in [6.07, 6.45) is 0. The summed E-state index contributed by atoms with van der Waals surface area (Å²) >= 11 is 0. The Kier molecular flexibility index (Phi) is 2.42. The zero-order valence-electron chi connectivity index (χ0n) is 9.27. The van der Waals surface area contributed by atoms with E-state index in [1.807, 2.05) is 27.7 Å². The Labute approximate surface area is 81.1 Å². The van der Waals surface area contributed by atoms with Gasteiger partial charge in [-0.3, -0.25) is 0 Å². The Morgan fingerprint density at radius 3 is 1.46 bits per heavy atom. The summed E-state index contributed by atoms with van der Waals surface area (Å²) in [5, 5.41) is 0. The van der Waals surface area contributed by atoms with Gasteiger partial charge >= 0.3 is 6.71 Å². The van der Waals surface area contributed by atoms with Gasteiger partial charge in [0.1, 0.15) is 0 Å². The molecule has 0 radical (unpaired) electrons. The second kappa shape index (κ2) is 2.81. The third-order valence-corrected chi connectivity index (χ3v) is 4.17. The summed E-state index contributed by atoms with van der Waals surface area (Å²) in [6, 6.07) is 0. The highest BCUT2D eigenvalue weighted by Crippen LogP contribution is 2.39. The highest BCUT2D eigenvalue weighted by atomic mass is 28.4. The lowest BCUT2D eigenvalue weighted by Crippen LogP contribution is -2.44. The molecule has 0 aromatic rings. The summed E-state index contributed by atoms with van der Waals surface area (Å²) in [7, 11) is -2.85. The molecule has 76 valence electrons. The lowest BCUT2D eigenvalue weighted by Gasteiger charge is -2.32. The average Bonchev–Trinajstić information content (AvgIpc) is 2.00. The van der Waals surface area contributed by atoms with Gasteiger partial charge in [0.25, 0.3) is 8.28 Å². The third kappa shape index (κ3) is 1.97. The summed E-state index contributed by atoms with van der Waals surface area (Å²) in [6.45, 7) is 10.3. The molecule has 0 aliphatic carbocycles. The first-order chi connectivity index (χ1) is 5.56. The Hall–Kier alpha value is 0.132. The van der Waals surface area contributed by atoms with Crippen LogP contribution >= 0.6 is 0 Å². The van der Waals surface area contributed by atoms with Crippen LogP contribution in [0.3, 0.4) is 0 Å². The van der Waals surface area contributed by atoms with Crippen LogP contribution in [0.25, 0.3) is 0 Å². The number of rotatable bonds is 1. The standard InChI is InChI=1S/C8H18BFO2Si/c1-7(2)8(3,4)12-9(11-7)13(5,6)10/h1-6H3. The minimum absolute atomic E-state index is 0.409. The summed E-state index contributed by atoms with van der Waals surface area (Å²) in [5.41, 5.74) is -0.817. The van der Waals surface area contributed by atoms with Crippen molar-refractivity contribution >= 4 is 15.0 Å². The van der Waals surface area contributed by atoms with Crippen molar-refractivity contribution in [3.63, 3.8) is 0 Å². The maximum absolute atomic E-state index is 13.7. The molecule has 0 bridgehead atoms. The smallest absolute Gasteiger partial charge is 0.404 e. The molecule has 0 aromatic carbocycles. The van der Waals surface area contributed by atoms with E-state index in [1.54, 1.807) is 13.1 Å². The van der Waals surface area contributed by atoms with Crippen LogP contribution in [0, 0.1) is 0 Å². The maximum atomic E-state index is 13.7. The van der Waals surface area contributed by atoms with Gasteiger partial charge in [-0.05, 0) is 40.8 Å². The molecular weight excluding hydrogens is 186 g/mol. The normalized spacial score (nSPS) is 26.5. The van der Waals surface area contributed by atoms with Crippen molar-refractivity contribution in [3.8, 4) is 0 Å². The molecule has 5 heteroatoms. The highest BCUT2D eigenvalue weighted by Gasteiger charge is 2.58. The monoisotopic (exact) mass is 204 g/mol. The molecule has 0 saturated carbocycles. The predicted octanol–water partition coefficient (Wildman–Crippen LogP) is 2.33. The number of halogens is 1. The van der Waals surface area contributed by atoms with Gasteiger partial charge < -0.3 is 13.4 Å². The fraction of sp³-hybridized carbons (Fsp3) is 1.00. The van der Waals surface area contributed by atoms with Gasteiger partial charge in [-0.25, -0.2) is 0 Å². The van der Waals surface area contributed by atoms with E-state index in [1.165, 1.54) is 0 Å². The lowest BCUT2D eigenvalue weighted by molar-refractivity contribution is 0.00578. The van der Waals surface area contributed by atoms with Crippen molar-refractivity contribution in [1.82, 2.24) is 0 Å². The molecule has 1 aliphatic rings. The van der Waals surface area contributed by atoms with Crippen LogP contribution in [0.1, 0.15) is 27.7 Å². The van der Waals surface area contributed by atoms with Crippen LogP contribution in [0.2, 0.25) is 13.1 Å². The Morgan fingerprint density at radius 2 is 1.31 bits per heavy atom. The topological polar surface area (TPSA) is 18.5 Å². The van der Waals surface area contributed by atoms with Crippen molar-refractivity contribution < 1.29 is 13.4 Å². The van der Waals surface area contributed by atoms with Crippen LogP contribution in [0.15, 0.2) is 0 Å². The van der Waals surface area contributed by atoms with Crippen molar-refractivity contribution in [2.24, 2.45) is 0 Å². The first kappa shape index (κ1) is 11.2. The van der Waals surface area contributed by atoms with E-state index in [-0.39, 0.29) is 0 Å². The predicted molar refractivity (Wildman–Crippen MR) is 54.7 cm³/mol. The lowest BCUT2D eigenvalue weighted by atomic mass is 9.90. The van der Waals surface area contributed by atoms with Gasteiger partial charge in [0.2, 0.25) is 0 Å². The van der Waals surface area contributed by atoms with E-state index < -0.39 is 26.2 Å². The minimum Gasteiger partial charge on any atom is -0.404 e. The van der Waals surface area contributed by atoms with Crippen LogP contribution in [-0.2, 0) is 9.31 Å². The molecule has 1 heterocycles. The van der Waals surface area contributed by atoms with Gasteiger partial charge in [0, 0.05) is 0 Å². The second-order valence-corrected chi connectivity index (χ2v) is 8.75. The fourth-order valence-electron chi connectivity index (χ4n) is 1.12. The molecule has 1 saturated heterocycles. The second-order valence-electron chi connectivity index (χ2n) is 5.15. The molecule has 0 aromatic heterocycles. The van der Waals surface area contributed by atoms with Gasteiger partial charge in [0.05, 0.1) is 11.2 Å². The molecule has 0 atom stereocenters. The molecule has 1 fully saturated rings. The van der Waals surface area contributed by atoms with Crippen molar-refractivity contribution in [2.45, 2.75) is 52.0 Å². The molecule has 0 spiro atoms. The Balaban J connectivity index is 2.83. The van der Waals surface area contributed by atoms with Gasteiger partial charge in [0.15, 0.2) is 0 Å². The van der Waals surface area contributed by atoms with Gasteiger partial charge in [-0.1, -0.05) is 0 Å². The molecule has 1 aliphatic heterocycles. The third-order valence-electron chi connectivity index (χ3n) is 2.81. The largest absolute Gasteiger partial charge is 0.473 e. The molecular formula is C8H18BFO2Si. The van der Waals surface area contributed by atoms with Crippen LogP contribution in [0.4, 0.5) is 4.11 Å². The fourth-order valence-corrected chi connectivity index (χ4v) is 2.27. The van der Waals surface area contributed by atoms with Gasteiger partial charge in [-0.15, -0.1) is 0 Å². The number of hydrogen-bond acceptors (Lipinski definition) is 2. The highest BCUT2D eigenvalue weighted by molar-refractivity contribution is 7.24. The molecule has 2 nitrogen and oxygen atoms in total. The van der Waals surface area contributed by atoms with Crippen LogP contribution in [-0.4, -0.2) is 26.2 Å². The quantitative estimate of drug-likeness (QED) is 0.482.